The topological polar surface area (TPSA) is 115 Å². The zero-order valence-corrected chi connectivity index (χ0v) is 21.5. The minimum atomic E-state index is -4.33. The summed E-state index contributed by atoms with van der Waals surface area (Å²) in [6, 6.07) is 24.7. The van der Waals surface area contributed by atoms with Crippen molar-refractivity contribution in [2.75, 3.05) is 4.90 Å². The van der Waals surface area contributed by atoms with Crippen LogP contribution in [0, 0.1) is 11.7 Å². The van der Waals surface area contributed by atoms with Crippen LogP contribution < -0.4 is 4.90 Å². The van der Waals surface area contributed by atoms with E-state index in [0.717, 1.165) is 5.56 Å². The molecule has 1 saturated heterocycles. The van der Waals surface area contributed by atoms with E-state index in [9.17, 15) is 32.4 Å². The van der Waals surface area contributed by atoms with Gasteiger partial charge in [0.05, 0.1) is 23.0 Å². The number of aliphatic hydroxyl groups is 1. The third-order valence-corrected chi connectivity index (χ3v) is 7.96. The fourth-order valence-corrected chi connectivity index (χ4v) is 5.53. The van der Waals surface area contributed by atoms with Crippen LogP contribution in [0.3, 0.4) is 0 Å². The number of nitrogens with zero attached hydrogens (tertiary/aromatic N) is 1. The smallest absolute Gasteiger partial charge is 0.294 e. The van der Waals surface area contributed by atoms with Gasteiger partial charge in [-0.25, -0.2) is 4.39 Å². The van der Waals surface area contributed by atoms with Crippen molar-refractivity contribution < 1.29 is 32.4 Å². The molecular weight excluding hydrogens is 521 g/mol. The van der Waals surface area contributed by atoms with E-state index >= 15 is 0 Å². The van der Waals surface area contributed by atoms with Crippen LogP contribution >= 0.6 is 0 Å². The van der Waals surface area contributed by atoms with Gasteiger partial charge in [0, 0.05) is 11.3 Å². The van der Waals surface area contributed by atoms with Crippen LogP contribution in [0.4, 0.5) is 10.1 Å². The van der Waals surface area contributed by atoms with Gasteiger partial charge in [-0.1, -0.05) is 54.6 Å². The largest absolute Gasteiger partial charge is 0.508 e. The van der Waals surface area contributed by atoms with Crippen molar-refractivity contribution >= 4 is 21.7 Å². The summed E-state index contributed by atoms with van der Waals surface area (Å²) in [6.07, 6.45) is -0.0379. The Morgan fingerprint density at radius 1 is 0.872 bits per heavy atom. The van der Waals surface area contributed by atoms with Crippen molar-refractivity contribution in [3.63, 3.8) is 0 Å². The molecule has 3 N–H and O–H groups in total. The Morgan fingerprint density at radius 3 is 2.13 bits per heavy atom. The number of amides is 1. The molecule has 4 aromatic rings. The first kappa shape index (κ1) is 26.6. The molecule has 1 fully saturated rings. The third-order valence-electron chi connectivity index (χ3n) is 7.09. The highest BCUT2D eigenvalue weighted by Gasteiger charge is 2.49. The second-order valence-corrected chi connectivity index (χ2v) is 10.9. The van der Waals surface area contributed by atoms with E-state index in [4.69, 9.17) is 0 Å². The summed E-state index contributed by atoms with van der Waals surface area (Å²) in [4.78, 5) is 14.6. The first-order chi connectivity index (χ1) is 18.6. The van der Waals surface area contributed by atoms with Crippen molar-refractivity contribution in [2.45, 2.75) is 29.9 Å². The Morgan fingerprint density at radius 2 is 1.51 bits per heavy atom. The van der Waals surface area contributed by atoms with Gasteiger partial charge in [-0.2, -0.15) is 8.42 Å². The lowest BCUT2D eigenvalue weighted by Crippen LogP contribution is -2.55. The number of phenolic OH excluding ortho intramolecular Hbond substituents is 1. The maximum Gasteiger partial charge on any atom is 0.294 e. The fraction of sp³-hybridized carbons (Fsp3) is 0.167. The van der Waals surface area contributed by atoms with Crippen molar-refractivity contribution in [1.29, 1.82) is 0 Å². The molecule has 5 rings (SSSR count). The number of hydrogen-bond acceptors (Lipinski definition) is 5. The molecule has 0 saturated carbocycles. The maximum atomic E-state index is 13.6. The molecule has 1 aliphatic rings. The molecule has 0 spiro atoms. The number of hydrogen-bond donors (Lipinski definition) is 3. The summed E-state index contributed by atoms with van der Waals surface area (Å²) in [5.74, 6) is -1.20. The lowest BCUT2D eigenvalue weighted by molar-refractivity contribution is -0.131. The average Bonchev–Trinajstić information content (AvgIpc) is 2.93. The number of anilines is 1. The van der Waals surface area contributed by atoms with E-state index in [-0.39, 0.29) is 16.6 Å². The highest BCUT2D eigenvalue weighted by atomic mass is 32.2. The van der Waals surface area contributed by atoms with E-state index in [2.05, 4.69) is 0 Å². The van der Waals surface area contributed by atoms with Crippen LogP contribution in [-0.2, 0) is 14.9 Å². The number of carbonyl (C=O) groups is 1. The number of benzene rings is 4. The minimum absolute atomic E-state index is 0.0652. The molecule has 3 unspecified atom stereocenters. The number of phenols is 1. The van der Waals surface area contributed by atoms with Crippen molar-refractivity contribution in [1.82, 2.24) is 0 Å². The van der Waals surface area contributed by atoms with Gasteiger partial charge in [-0.05, 0) is 72.0 Å². The fourth-order valence-electron chi connectivity index (χ4n) is 5.05. The summed E-state index contributed by atoms with van der Waals surface area (Å²) in [6.45, 7) is 0. The summed E-state index contributed by atoms with van der Waals surface area (Å²) in [5, 5.41) is 21.7. The molecule has 0 bridgehead atoms. The number of rotatable bonds is 8. The predicted molar refractivity (Wildman–Crippen MR) is 144 cm³/mol. The van der Waals surface area contributed by atoms with Gasteiger partial charge in [0.25, 0.3) is 10.1 Å². The Kier molecular flexibility index (Phi) is 7.22. The summed E-state index contributed by atoms with van der Waals surface area (Å²) >= 11 is 0. The van der Waals surface area contributed by atoms with Gasteiger partial charge in [-0.15, -0.1) is 0 Å². The van der Waals surface area contributed by atoms with E-state index in [1.54, 1.807) is 12.1 Å². The van der Waals surface area contributed by atoms with Gasteiger partial charge < -0.3 is 15.1 Å². The lowest BCUT2D eigenvalue weighted by atomic mass is 9.77. The van der Waals surface area contributed by atoms with Crippen LogP contribution in [0.25, 0.3) is 11.1 Å². The molecule has 39 heavy (non-hydrogen) atoms. The third kappa shape index (κ3) is 5.42. The average molecular weight is 548 g/mol. The zero-order chi connectivity index (χ0) is 27.7. The van der Waals surface area contributed by atoms with Crippen LogP contribution in [0.2, 0.25) is 0 Å². The Bertz CT molecular complexity index is 1590. The van der Waals surface area contributed by atoms with E-state index in [0.29, 0.717) is 35.2 Å². The number of carbonyl (C=O) groups excluding carboxylic acids is 1. The Hall–Kier alpha value is -4.05. The molecule has 3 atom stereocenters. The molecule has 7 nitrogen and oxygen atoms in total. The molecule has 1 aliphatic heterocycles. The van der Waals surface area contributed by atoms with Gasteiger partial charge in [0.1, 0.15) is 11.6 Å². The molecule has 1 amide bonds. The van der Waals surface area contributed by atoms with Gasteiger partial charge in [0.2, 0.25) is 5.91 Å². The number of aliphatic hydroxyl groups excluding tert-OH is 1. The molecule has 4 aromatic carbocycles. The number of halogens is 1. The normalized spacial score (nSPS) is 18.0. The second-order valence-electron chi connectivity index (χ2n) is 9.51. The van der Waals surface area contributed by atoms with Crippen molar-refractivity contribution in [3.8, 4) is 16.9 Å². The molecule has 0 aliphatic carbocycles. The Labute approximate surface area is 225 Å². The molecule has 9 heteroatoms. The van der Waals surface area contributed by atoms with E-state index < -0.39 is 34.0 Å². The lowest BCUT2D eigenvalue weighted by Gasteiger charge is -2.48. The zero-order valence-electron chi connectivity index (χ0n) is 20.7. The minimum Gasteiger partial charge on any atom is -0.508 e. The highest BCUT2D eigenvalue weighted by molar-refractivity contribution is 7.85. The highest BCUT2D eigenvalue weighted by Crippen LogP contribution is 2.49. The first-order valence-electron chi connectivity index (χ1n) is 12.4. The Balaban J connectivity index is 1.44. The SMILES string of the molecule is O=C1C(CCC(O)c2ccccc2)C(c2ccc(-c3ccc(S(=O)(=O)O)cc3)cc2O)N1c1ccc(F)cc1. The molecular formula is C30H26FNO6S. The molecule has 200 valence electrons. The van der Waals surface area contributed by atoms with Crippen LogP contribution in [0.1, 0.15) is 36.1 Å². The maximum absolute atomic E-state index is 13.6. The van der Waals surface area contributed by atoms with Crippen LogP contribution in [0.5, 0.6) is 5.75 Å². The van der Waals surface area contributed by atoms with Crippen molar-refractivity contribution in [2.24, 2.45) is 5.92 Å². The predicted octanol–water partition coefficient (Wildman–Crippen LogP) is 5.66. The number of β-lactam (4-membered cyclic amide) rings is 1. The summed E-state index contributed by atoms with van der Waals surface area (Å²) < 4.78 is 45.5. The molecule has 1 heterocycles. The van der Waals surface area contributed by atoms with Gasteiger partial charge in [-0.3, -0.25) is 9.35 Å². The number of aromatic hydroxyl groups is 1. The van der Waals surface area contributed by atoms with E-state index in [1.807, 2.05) is 30.3 Å². The molecule has 0 radical (unpaired) electrons. The monoisotopic (exact) mass is 547 g/mol. The van der Waals surface area contributed by atoms with Crippen LogP contribution in [-0.4, -0.2) is 29.1 Å². The summed E-state index contributed by atoms with van der Waals surface area (Å²) in [7, 11) is -4.33. The van der Waals surface area contributed by atoms with Gasteiger partial charge in [0.15, 0.2) is 0 Å². The van der Waals surface area contributed by atoms with E-state index in [1.165, 1.54) is 59.5 Å². The van der Waals surface area contributed by atoms with Crippen molar-refractivity contribution in [3.05, 3.63) is 114 Å². The standard InChI is InChI=1S/C30H26FNO6S/c31-22-9-11-23(12-10-22)32-29(26(30(32)35)16-17-27(33)20-4-2-1-3-5-20)25-15-8-21(18-28(25)34)19-6-13-24(14-7-19)39(36,37)38/h1-15,18,26-27,29,33-34H,16-17H2,(H,36,37,38). The molecule has 0 aromatic heterocycles. The van der Waals surface area contributed by atoms with Crippen LogP contribution in [0.15, 0.2) is 102 Å². The quantitative estimate of drug-likeness (QED) is 0.194. The summed E-state index contributed by atoms with van der Waals surface area (Å²) in [5.41, 5.74) is 2.97. The first-order valence-corrected chi connectivity index (χ1v) is 13.8. The second kappa shape index (κ2) is 10.6. The van der Waals surface area contributed by atoms with Gasteiger partial charge >= 0.3 is 0 Å².